The number of fused-ring (bicyclic) bond motifs is 2. The maximum absolute atomic E-state index is 13.0. The molecular formula is C18H21FN2O3. The highest BCUT2D eigenvalue weighted by Crippen LogP contribution is 2.65. The van der Waals surface area contributed by atoms with Crippen molar-refractivity contribution in [2.24, 2.45) is 15.9 Å². The molecule has 1 saturated carbocycles. The lowest BCUT2D eigenvalue weighted by atomic mass is 9.66. The van der Waals surface area contributed by atoms with E-state index in [4.69, 9.17) is 4.74 Å². The second-order valence-corrected chi connectivity index (χ2v) is 7.32. The van der Waals surface area contributed by atoms with Crippen LogP contribution in [0.3, 0.4) is 0 Å². The summed E-state index contributed by atoms with van der Waals surface area (Å²) in [5.74, 6) is -1.07. The van der Waals surface area contributed by atoms with E-state index in [9.17, 15) is 14.0 Å². The third-order valence-corrected chi connectivity index (χ3v) is 6.04. The van der Waals surface area contributed by atoms with E-state index in [1.165, 1.54) is 12.1 Å². The van der Waals surface area contributed by atoms with E-state index in [2.05, 4.69) is 10.5 Å². The highest BCUT2D eigenvalue weighted by molar-refractivity contribution is 6.00. The van der Waals surface area contributed by atoms with Crippen LogP contribution in [0.1, 0.15) is 46.1 Å². The van der Waals surface area contributed by atoms with Gasteiger partial charge in [0.25, 0.3) is 5.91 Å². The van der Waals surface area contributed by atoms with Crippen LogP contribution in [0.2, 0.25) is 0 Å². The van der Waals surface area contributed by atoms with Gasteiger partial charge in [-0.15, -0.1) is 0 Å². The number of hydrogen-bond acceptors (Lipinski definition) is 4. The normalized spacial score (nSPS) is 31.0. The number of hydrazone groups is 1. The molecule has 2 atom stereocenters. The first-order valence-corrected chi connectivity index (χ1v) is 7.98. The van der Waals surface area contributed by atoms with E-state index in [-0.39, 0.29) is 11.8 Å². The SMILES string of the molecule is CC(=NNC(=O)C12CCC(C)(C(=O)O1)C2(C)C)c1ccc(F)cc1. The Bertz CT molecular complexity index is 741. The molecule has 1 N–H and O–H groups in total. The van der Waals surface area contributed by atoms with E-state index in [0.717, 1.165) is 0 Å². The van der Waals surface area contributed by atoms with Gasteiger partial charge in [-0.3, -0.25) is 9.59 Å². The minimum Gasteiger partial charge on any atom is -0.448 e. The van der Waals surface area contributed by atoms with Crippen molar-refractivity contribution in [2.45, 2.75) is 46.1 Å². The quantitative estimate of drug-likeness (QED) is 0.526. The number of carbonyl (C=O) groups is 2. The van der Waals surface area contributed by atoms with Crippen molar-refractivity contribution in [3.8, 4) is 0 Å². The van der Waals surface area contributed by atoms with E-state index in [1.54, 1.807) is 19.1 Å². The fraction of sp³-hybridized carbons (Fsp3) is 0.500. The second-order valence-electron chi connectivity index (χ2n) is 7.32. The van der Waals surface area contributed by atoms with Gasteiger partial charge in [-0.25, -0.2) is 9.82 Å². The molecule has 24 heavy (non-hydrogen) atoms. The maximum atomic E-state index is 13.0. The van der Waals surface area contributed by atoms with E-state index in [1.807, 2.05) is 20.8 Å². The number of benzene rings is 1. The van der Waals surface area contributed by atoms with Crippen molar-refractivity contribution in [3.63, 3.8) is 0 Å². The minimum atomic E-state index is -1.19. The van der Waals surface area contributed by atoms with Crippen LogP contribution in [-0.2, 0) is 14.3 Å². The lowest BCUT2D eigenvalue weighted by Crippen LogP contribution is -2.52. The molecule has 6 heteroatoms. The predicted molar refractivity (Wildman–Crippen MR) is 86.7 cm³/mol. The first-order chi connectivity index (χ1) is 11.1. The summed E-state index contributed by atoms with van der Waals surface area (Å²) < 4.78 is 18.5. The number of esters is 1. The fourth-order valence-electron chi connectivity index (χ4n) is 3.73. The molecule has 0 spiro atoms. The van der Waals surface area contributed by atoms with Crippen LogP contribution in [-0.4, -0.2) is 23.2 Å². The molecule has 5 nitrogen and oxygen atoms in total. The molecule has 1 heterocycles. The van der Waals surface area contributed by atoms with Gasteiger partial charge in [0, 0.05) is 5.41 Å². The number of hydrogen-bond donors (Lipinski definition) is 1. The van der Waals surface area contributed by atoms with Gasteiger partial charge in [-0.1, -0.05) is 26.0 Å². The number of halogens is 1. The molecule has 2 bridgehead atoms. The smallest absolute Gasteiger partial charge is 0.313 e. The van der Waals surface area contributed by atoms with Gasteiger partial charge in [0.15, 0.2) is 5.60 Å². The summed E-state index contributed by atoms with van der Waals surface area (Å²) in [7, 11) is 0. The monoisotopic (exact) mass is 332 g/mol. The molecule has 1 aromatic rings. The van der Waals surface area contributed by atoms with Gasteiger partial charge in [-0.05, 0) is 44.4 Å². The van der Waals surface area contributed by atoms with Crippen molar-refractivity contribution < 1.29 is 18.7 Å². The summed E-state index contributed by atoms with van der Waals surface area (Å²) in [5.41, 5.74) is 1.32. The molecule has 1 saturated heterocycles. The first kappa shape index (κ1) is 16.6. The zero-order valence-corrected chi connectivity index (χ0v) is 14.3. The third-order valence-electron chi connectivity index (χ3n) is 6.04. The summed E-state index contributed by atoms with van der Waals surface area (Å²) in [4.78, 5) is 25.0. The Hall–Kier alpha value is -2.24. The van der Waals surface area contributed by atoms with Gasteiger partial charge in [-0.2, -0.15) is 5.10 Å². The van der Waals surface area contributed by atoms with Crippen LogP contribution >= 0.6 is 0 Å². The van der Waals surface area contributed by atoms with Crippen LogP contribution in [0.5, 0.6) is 0 Å². The Labute approximate surface area is 140 Å². The second kappa shape index (κ2) is 5.13. The largest absolute Gasteiger partial charge is 0.448 e. The summed E-state index contributed by atoms with van der Waals surface area (Å²) in [6, 6.07) is 5.84. The molecule has 0 aromatic heterocycles. The number of ether oxygens (including phenoxy) is 1. The van der Waals surface area contributed by atoms with Crippen LogP contribution in [0.15, 0.2) is 29.4 Å². The summed E-state index contributed by atoms with van der Waals surface area (Å²) in [6.45, 7) is 7.35. The molecule has 3 rings (SSSR count). The first-order valence-electron chi connectivity index (χ1n) is 7.98. The van der Waals surface area contributed by atoms with Crippen LogP contribution in [0.25, 0.3) is 0 Å². The van der Waals surface area contributed by atoms with Crippen molar-refractivity contribution >= 4 is 17.6 Å². The summed E-state index contributed by atoms with van der Waals surface area (Å²) in [6.07, 6.45) is 1.10. The van der Waals surface area contributed by atoms with E-state index < -0.39 is 22.3 Å². The van der Waals surface area contributed by atoms with Crippen molar-refractivity contribution in [1.82, 2.24) is 5.43 Å². The van der Waals surface area contributed by atoms with Crippen molar-refractivity contribution in [3.05, 3.63) is 35.6 Å². The Kier molecular flexibility index (Phi) is 3.55. The number of nitrogens with one attached hydrogen (secondary N) is 1. The standard InChI is InChI=1S/C18H21FN2O3/c1-11(12-5-7-13(19)8-6-12)20-21-14(22)18-10-9-17(4,15(23)24-18)16(18,2)3/h5-8H,9-10H2,1-4H3,(H,21,22). The minimum absolute atomic E-state index is 0.326. The summed E-state index contributed by atoms with van der Waals surface area (Å²) >= 11 is 0. The van der Waals surface area contributed by atoms with E-state index >= 15 is 0 Å². The van der Waals surface area contributed by atoms with Crippen LogP contribution in [0, 0.1) is 16.6 Å². The molecule has 1 aliphatic carbocycles. The van der Waals surface area contributed by atoms with Gasteiger partial charge in [0.2, 0.25) is 0 Å². The van der Waals surface area contributed by atoms with E-state index in [0.29, 0.717) is 24.1 Å². The molecule has 1 aliphatic heterocycles. The lowest BCUT2D eigenvalue weighted by Gasteiger charge is -2.34. The van der Waals surface area contributed by atoms with Crippen LogP contribution in [0.4, 0.5) is 4.39 Å². The molecular weight excluding hydrogens is 311 g/mol. The average molecular weight is 332 g/mol. The van der Waals surface area contributed by atoms with Crippen LogP contribution < -0.4 is 5.43 Å². The number of nitrogens with zero attached hydrogens (tertiary/aromatic N) is 1. The van der Waals surface area contributed by atoms with Gasteiger partial charge in [0.05, 0.1) is 11.1 Å². The molecule has 2 aliphatic rings. The average Bonchev–Trinajstić information content (AvgIpc) is 2.83. The zero-order chi connectivity index (χ0) is 17.8. The molecule has 1 amide bonds. The van der Waals surface area contributed by atoms with Gasteiger partial charge >= 0.3 is 5.97 Å². The number of rotatable bonds is 3. The lowest BCUT2D eigenvalue weighted by molar-refractivity contribution is -0.168. The number of carbonyl (C=O) groups excluding carboxylic acids is 2. The molecule has 2 unspecified atom stereocenters. The molecule has 1 aromatic carbocycles. The zero-order valence-electron chi connectivity index (χ0n) is 14.3. The summed E-state index contributed by atoms with van der Waals surface area (Å²) in [5, 5.41) is 4.10. The Morgan fingerprint density at radius 1 is 1.21 bits per heavy atom. The Balaban J connectivity index is 1.82. The van der Waals surface area contributed by atoms with Crippen molar-refractivity contribution in [1.29, 1.82) is 0 Å². The van der Waals surface area contributed by atoms with Gasteiger partial charge in [0.1, 0.15) is 5.82 Å². The number of amides is 1. The topological polar surface area (TPSA) is 67.8 Å². The van der Waals surface area contributed by atoms with Gasteiger partial charge < -0.3 is 4.74 Å². The third kappa shape index (κ3) is 2.01. The maximum Gasteiger partial charge on any atom is 0.313 e. The molecule has 0 radical (unpaired) electrons. The molecule has 2 fully saturated rings. The fourth-order valence-corrected chi connectivity index (χ4v) is 3.73. The highest BCUT2D eigenvalue weighted by atomic mass is 19.1. The Morgan fingerprint density at radius 2 is 1.83 bits per heavy atom. The highest BCUT2D eigenvalue weighted by Gasteiger charge is 2.75. The molecule has 128 valence electrons. The van der Waals surface area contributed by atoms with Crippen molar-refractivity contribution in [2.75, 3.05) is 0 Å². The predicted octanol–water partition coefficient (Wildman–Crippen LogP) is 2.79. The Morgan fingerprint density at radius 3 is 2.33 bits per heavy atom.